The van der Waals surface area contributed by atoms with E-state index in [1.165, 1.54) is 4.90 Å². The van der Waals surface area contributed by atoms with Crippen LogP contribution in [0.3, 0.4) is 0 Å². The quantitative estimate of drug-likeness (QED) is 0.305. The lowest BCUT2D eigenvalue weighted by atomic mass is 10.2. The van der Waals surface area contributed by atoms with Crippen LogP contribution >= 0.6 is 34.9 Å². The van der Waals surface area contributed by atoms with Crippen molar-refractivity contribution in [2.75, 3.05) is 16.9 Å². The van der Waals surface area contributed by atoms with Crippen LogP contribution in [0, 0.1) is 0 Å². The second-order valence-electron chi connectivity index (χ2n) is 6.51. The van der Waals surface area contributed by atoms with Crippen LogP contribution in [0.25, 0.3) is 10.2 Å². The lowest BCUT2D eigenvalue weighted by Crippen LogP contribution is -2.30. The largest absolute Gasteiger partial charge is 0.279 e. The van der Waals surface area contributed by atoms with Crippen molar-refractivity contribution in [2.24, 2.45) is 0 Å². The molecule has 2 aromatic carbocycles. The number of thiazole rings is 1. The molecule has 2 aromatic heterocycles. The molecule has 0 spiro atoms. The molecule has 1 amide bonds. The van der Waals surface area contributed by atoms with Gasteiger partial charge in [-0.2, -0.15) is 0 Å². The average Bonchev–Trinajstić information content (AvgIpc) is 3.21. The minimum absolute atomic E-state index is 0.0421. The maximum atomic E-state index is 13.7. The first-order valence-electron chi connectivity index (χ1n) is 9.56. The Morgan fingerprint density at radius 1 is 1.13 bits per heavy atom. The van der Waals surface area contributed by atoms with Gasteiger partial charge in [0.05, 0.1) is 22.3 Å². The molecule has 0 saturated carbocycles. The molecule has 0 N–H and O–H groups in total. The normalized spacial score (nSPS) is 11.0. The Morgan fingerprint density at radius 3 is 2.77 bits per heavy atom. The van der Waals surface area contributed by atoms with Gasteiger partial charge < -0.3 is 0 Å². The second kappa shape index (κ2) is 9.64. The van der Waals surface area contributed by atoms with E-state index in [9.17, 15) is 4.79 Å². The number of thioether (sulfide) groups is 2. The first-order chi connectivity index (χ1) is 14.7. The van der Waals surface area contributed by atoms with Gasteiger partial charge in [-0.05, 0) is 54.0 Å². The highest BCUT2D eigenvalue weighted by Gasteiger charge is 2.24. The average molecular weight is 452 g/mol. The highest BCUT2D eigenvalue weighted by molar-refractivity contribution is 7.99. The standard InChI is InChI=1S/C23H21N3OS3/c1-3-29-20-9-5-4-8-18(20)22(27)26(15-16-7-6-12-24-14-16)23-25-19-11-10-17(28-2)13-21(19)30-23/h4-14H,3,15H2,1-2H3. The van der Waals surface area contributed by atoms with Gasteiger partial charge in [0.25, 0.3) is 5.91 Å². The highest BCUT2D eigenvalue weighted by Crippen LogP contribution is 2.34. The summed E-state index contributed by atoms with van der Waals surface area (Å²) in [6.45, 7) is 2.52. The fraction of sp³-hybridized carbons (Fsp3) is 0.174. The number of fused-ring (bicyclic) bond motifs is 1. The molecule has 0 bridgehead atoms. The summed E-state index contributed by atoms with van der Waals surface area (Å²) in [4.78, 5) is 26.7. The van der Waals surface area contributed by atoms with Crippen molar-refractivity contribution in [3.63, 3.8) is 0 Å². The summed E-state index contributed by atoms with van der Waals surface area (Å²) in [5.41, 5.74) is 2.58. The van der Waals surface area contributed by atoms with Crippen molar-refractivity contribution >= 4 is 56.1 Å². The van der Waals surface area contributed by atoms with Crippen LogP contribution in [0.4, 0.5) is 5.13 Å². The number of anilines is 1. The van der Waals surface area contributed by atoms with Gasteiger partial charge in [-0.3, -0.25) is 14.7 Å². The number of nitrogens with zero attached hydrogens (tertiary/aromatic N) is 3. The molecule has 0 aliphatic rings. The lowest BCUT2D eigenvalue weighted by Gasteiger charge is -2.21. The van der Waals surface area contributed by atoms with Crippen molar-refractivity contribution in [2.45, 2.75) is 23.3 Å². The maximum Gasteiger partial charge on any atom is 0.261 e. The van der Waals surface area contributed by atoms with Gasteiger partial charge in [0, 0.05) is 22.2 Å². The predicted octanol–water partition coefficient (Wildman–Crippen LogP) is 6.37. The molecule has 0 radical (unpaired) electrons. The van der Waals surface area contributed by atoms with Gasteiger partial charge in [0.15, 0.2) is 5.13 Å². The predicted molar refractivity (Wildman–Crippen MR) is 129 cm³/mol. The molecule has 2 heterocycles. The Bertz CT molecular complexity index is 1160. The minimum atomic E-state index is -0.0421. The van der Waals surface area contributed by atoms with Crippen LogP contribution < -0.4 is 4.90 Å². The van der Waals surface area contributed by atoms with Crippen molar-refractivity contribution in [1.82, 2.24) is 9.97 Å². The van der Waals surface area contributed by atoms with E-state index in [-0.39, 0.29) is 5.91 Å². The summed E-state index contributed by atoms with van der Waals surface area (Å²) in [7, 11) is 0. The molecule has 0 saturated heterocycles. The molecular formula is C23H21N3OS3. The van der Waals surface area contributed by atoms with Gasteiger partial charge in [-0.25, -0.2) is 4.98 Å². The fourth-order valence-corrected chi connectivity index (χ4v) is 5.42. The number of rotatable bonds is 7. The summed E-state index contributed by atoms with van der Waals surface area (Å²) < 4.78 is 1.08. The molecule has 7 heteroatoms. The summed E-state index contributed by atoms with van der Waals surface area (Å²) in [5.74, 6) is 0.866. The van der Waals surface area contributed by atoms with Gasteiger partial charge in [-0.1, -0.05) is 36.5 Å². The molecule has 152 valence electrons. The first kappa shape index (κ1) is 20.9. The van der Waals surface area contributed by atoms with Crippen LogP contribution in [-0.2, 0) is 6.54 Å². The SMILES string of the molecule is CCSc1ccccc1C(=O)N(Cc1cccnc1)c1nc2ccc(SC)cc2s1. The van der Waals surface area contributed by atoms with E-state index in [2.05, 4.69) is 30.3 Å². The molecule has 4 nitrogen and oxygen atoms in total. The molecule has 0 fully saturated rings. The third-order valence-electron chi connectivity index (χ3n) is 4.54. The number of hydrogen-bond acceptors (Lipinski definition) is 6. The zero-order valence-electron chi connectivity index (χ0n) is 16.7. The van der Waals surface area contributed by atoms with Gasteiger partial charge in [-0.15, -0.1) is 23.5 Å². The van der Waals surface area contributed by atoms with Crippen LogP contribution in [0.1, 0.15) is 22.8 Å². The third kappa shape index (κ3) is 4.53. The first-order valence-corrected chi connectivity index (χ1v) is 12.6. The van der Waals surface area contributed by atoms with Crippen molar-refractivity contribution in [3.8, 4) is 0 Å². The Labute approximate surface area is 188 Å². The Balaban J connectivity index is 1.78. The number of aromatic nitrogens is 2. The van der Waals surface area contributed by atoms with E-state index < -0.39 is 0 Å². The number of benzene rings is 2. The molecular weight excluding hydrogens is 430 g/mol. The van der Waals surface area contributed by atoms with E-state index in [4.69, 9.17) is 4.98 Å². The lowest BCUT2D eigenvalue weighted by molar-refractivity contribution is 0.0982. The molecule has 0 atom stereocenters. The number of amides is 1. The molecule has 4 rings (SSSR count). The van der Waals surface area contributed by atoms with Gasteiger partial charge in [0.2, 0.25) is 0 Å². The summed E-state index contributed by atoms with van der Waals surface area (Å²) in [5, 5.41) is 0.702. The molecule has 0 aliphatic heterocycles. The maximum absolute atomic E-state index is 13.7. The van der Waals surface area contributed by atoms with Crippen LogP contribution in [-0.4, -0.2) is 27.9 Å². The van der Waals surface area contributed by atoms with Crippen LogP contribution in [0.2, 0.25) is 0 Å². The number of pyridine rings is 1. The minimum Gasteiger partial charge on any atom is -0.279 e. The topological polar surface area (TPSA) is 46.1 Å². The van der Waals surface area contributed by atoms with Gasteiger partial charge in [0.1, 0.15) is 0 Å². The molecule has 0 unspecified atom stereocenters. The van der Waals surface area contributed by atoms with Crippen LogP contribution in [0.15, 0.2) is 76.8 Å². The van der Waals surface area contributed by atoms with E-state index in [0.717, 1.165) is 26.4 Å². The van der Waals surface area contributed by atoms with E-state index >= 15 is 0 Å². The Kier molecular flexibility index (Phi) is 6.72. The fourth-order valence-electron chi connectivity index (χ4n) is 3.11. The monoisotopic (exact) mass is 451 g/mol. The number of hydrogen-bond donors (Lipinski definition) is 0. The molecule has 30 heavy (non-hydrogen) atoms. The summed E-state index contributed by atoms with van der Waals surface area (Å²) >= 11 is 4.93. The van der Waals surface area contributed by atoms with Crippen molar-refractivity contribution in [3.05, 3.63) is 78.1 Å². The zero-order valence-corrected chi connectivity index (χ0v) is 19.2. The van der Waals surface area contributed by atoms with E-state index in [1.807, 2.05) is 42.5 Å². The highest BCUT2D eigenvalue weighted by atomic mass is 32.2. The second-order valence-corrected chi connectivity index (χ2v) is 9.71. The summed E-state index contributed by atoms with van der Waals surface area (Å²) in [6, 6.07) is 17.9. The number of carbonyl (C=O) groups is 1. The molecule has 0 aliphatic carbocycles. The Morgan fingerprint density at radius 2 is 2.00 bits per heavy atom. The van der Waals surface area contributed by atoms with Gasteiger partial charge >= 0.3 is 0 Å². The smallest absolute Gasteiger partial charge is 0.261 e. The van der Waals surface area contributed by atoms with E-state index in [0.29, 0.717) is 17.2 Å². The number of carbonyl (C=O) groups excluding carboxylic acids is 1. The summed E-state index contributed by atoms with van der Waals surface area (Å²) in [6.07, 6.45) is 5.60. The third-order valence-corrected chi connectivity index (χ3v) is 7.26. The Hall–Kier alpha value is -2.35. The van der Waals surface area contributed by atoms with Crippen molar-refractivity contribution in [1.29, 1.82) is 0 Å². The van der Waals surface area contributed by atoms with E-state index in [1.54, 1.807) is 52.2 Å². The zero-order chi connectivity index (χ0) is 20.9. The van der Waals surface area contributed by atoms with Crippen molar-refractivity contribution < 1.29 is 4.79 Å². The van der Waals surface area contributed by atoms with Crippen LogP contribution in [0.5, 0.6) is 0 Å². The molecule has 4 aromatic rings.